The average Bonchev–Trinajstić information content (AvgIpc) is 3.05. The van der Waals surface area contributed by atoms with E-state index < -0.39 is 5.60 Å². The molecule has 5 heteroatoms. The molecule has 0 radical (unpaired) electrons. The summed E-state index contributed by atoms with van der Waals surface area (Å²) in [5, 5.41) is 9.67. The molecule has 1 saturated heterocycles. The lowest BCUT2D eigenvalue weighted by Gasteiger charge is -2.32. The van der Waals surface area contributed by atoms with Crippen molar-refractivity contribution in [3.8, 4) is 11.8 Å². The molecule has 1 fully saturated rings. The molecule has 1 unspecified atom stereocenters. The third kappa shape index (κ3) is 4.33. The van der Waals surface area contributed by atoms with Crippen LogP contribution in [0, 0.1) is 11.8 Å². The lowest BCUT2D eigenvalue weighted by molar-refractivity contribution is 0.0703. The third-order valence-corrected chi connectivity index (χ3v) is 4.58. The standard InChI is InChI=1S/C21H25N3O2/c1-21(2,26)11-10-16-6-8-17(9-7-16)20(25)24-13-4-5-18(15-24)19-22-12-14-23(19)3/h6-9,12,14,18,26H,4-5,13,15H2,1-3H3. The van der Waals surface area contributed by atoms with Crippen molar-refractivity contribution >= 4 is 5.91 Å². The lowest BCUT2D eigenvalue weighted by atomic mass is 9.96. The largest absolute Gasteiger partial charge is 0.378 e. The van der Waals surface area contributed by atoms with Crippen molar-refractivity contribution in [2.45, 2.75) is 38.2 Å². The van der Waals surface area contributed by atoms with Crippen LogP contribution in [0.2, 0.25) is 0 Å². The number of benzene rings is 1. The molecule has 1 aromatic carbocycles. The number of carbonyl (C=O) groups is 1. The van der Waals surface area contributed by atoms with E-state index in [4.69, 9.17) is 0 Å². The molecule has 2 aromatic rings. The molecule has 2 heterocycles. The van der Waals surface area contributed by atoms with Gasteiger partial charge < -0.3 is 14.6 Å². The van der Waals surface area contributed by atoms with Gasteiger partial charge in [0.15, 0.2) is 0 Å². The molecule has 1 aromatic heterocycles. The van der Waals surface area contributed by atoms with Crippen molar-refractivity contribution in [2.24, 2.45) is 7.05 Å². The van der Waals surface area contributed by atoms with E-state index in [9.17, 15) is 9.90 Å². The van der Waals surface area contributed by atoms with Crippen LogP contribution in [0.15, 0.2) is 36.7 Å². The summed E-state index contributed by atoms with van der Waals surface area (Å²) in [5.74, 6) is 7.07. The fraction of sp³-hybridized carbons (Fsp3) is 0.429. The minimum atomic E-state index is -1.03. The maximum Gasteiger partial charge on any atom is 0.253 e. The van der Waals surface area contributed by atoms with Gasteiger partial charge in [-0.3, -0.25) is 4.79 Å². The van der Waals surface area contributed by atoms with Gasteiger partial charge in [-0.05, 0) is 51.0 Å². The second-order valence-corrected chi connectivity index (χ2v) is 7.37. The first-order chi connectivity index (χ1) is 12.3. The smallest absolute Gasteiger partial charge is 0.253 e. The van der Waals surface area contributed by atoms with Crippen LogP contribution < -0.4 is 0 Å². The predicted molar refractivity (Wildman–Crippen MR) is 101 cm³/mol. The summed E-state index contributed by atoms with van der Waals surface area (Å²) in [7, 11) is 2.00. The first kappa shape index (κ1) is 18.2. The molecule has 1 amide bonds. The number of piperidine rings is 1. The topological polar surface area (TPSA) is 58.4 Å². The normalized spacial score (nSPS) is 17.5. The number of rotatable bonds is 2. The Morgan fingerprint density at radius 2 is 2.04 bits per heavy atom. The van der Waals surface area contributed by atoms with Crippen LogP contribution in [-0.2, 0) is 7.05 Å². The number of hydrogen-bond acceptors (Lipinski definition) is 3. The van der Waals surface area contributed by atoms with E-state index >= 15 is 0 Å². The number of imidazole rings is 1. The van der Waals surface area contributed by atoms with Gasteiger partial charge in [0, 0.05) is 49.6 Å². The van der Waals surface area contributed by atoms with E-state index in [1.54, 1.807) is 26.0 Å². The molecule has 3 rings (SSSR count). The van der Waals surface area contributed by atoms with Gasteiger partial charge in [-0.2, -0.15) is 0 Å². The molecule has 0 bridgehead atoms. The van der Waals surface area contributed by atoms with Crippen LogP contribution in [0.4, 0.5) is 0 Å². The van der Waals surface area contributed by atoms with Crippen molar-refractivity contribution in [2.75, 3.05) is 13.1 Å². The maximum absolute atomic E-state index is 12.9. The van der Waals surface area contributed by atoms with Gasteiger partial charge in [0.2, 0.25) is 0 Å². The second-order valence-electron chi connectivity index (χ2n) is 7.37. The van der Waals surface area contributed by atoms with Crippen LogP contribution in [0.1, 0.15) is 54.4 Å². The van der Waals surface area contributed by atoms with Gasteiger partial charge in [0.25, 0.3) is 5.91 Å². The van der Waals surface area contributed by atoms with Crippen molar-refractivity contribution in [1.29, 1.82) is 0 Å². The number of carbonyl (C=O) groups excluding carboxylic acids is 1. The van der Waals surface area contributed by atoms with Crippen molar-refractivity contribution in [3.05, 3.63) is 53.6 Å². The first-order valence-electron chi connectivity index (χ1n) is 8.95. The Labute approximate surface area is 154 Å². The molecule has 136 valence electrons. The SMILES string of the molecule is Cn1ccnc1C1CCCN(C(=O)c2ccc(C#CC(C)(C)O)cc2)C1. The molecule has 1 aliphatic rings. The van der Waals surface area contributed by atoms with Crippen LogP contribution in [0.5, 0.6) is 0 Å². The molecule has 0 spiro atoms. The van der Waals surface area contributed by atoms with Gasteiger partial charge in [-0.25, -0.2) is 4.98 Å². The van der Waals surface area contributed by atoms with Crippen LogP contribution >= 0.6 is 0 Å². The fourth-order valence-electron chi connectivity index (χ4n) is 3.25. The Morgan fingerprint density at radius 3 is 2.65 bits per heavy atom. The summed E-state index contributed by atoms with van der Waals surface area (Å²) in [6.07, 6.45) is 5.80. The Hall–Kier alpha value is -2.58. The summed E-state index contributed by atoms with van der Waals surface area (Å²) in [6.45, 7) is 4.77. The Morgan fingerprint density at radius 1 is 1.31 bits per heavy atom. The van der Waals surface area contributed by atoms with Crippen LogP contribution in [0.25, 0.3) is 0 Å². The molecular formula is C21H25N3O2. The summed E-state index contributed by atoms with van der Waals surface area (Å²) >= 11 is 0. The maximum atomic E-state index is 12.9. The van der Waals surface area contributed by atoms with Crippen LogP contribution in [-0.4, -0.2) is 44.2 Å². The summed E-state index contributed by atoms with van der Waals surface area (Å²) < 4.78 is 2.04. The first-order valence-corrected chi connectivity index (χ1v) is 8.95. The zero-order valence-electron chi connectivity index (χ0n) is 15.6. The number of hydrogen-bond donors (Lipinski definition) is 1. The highest BCUT2D eigenvalue weighted by molar-refractivity contribution is 5.94. The number of aryl methyl sites for hydroxylation is 1. The van der Waals surface area contributed by atoms with Crippen molar-refractivity contribution < 1.29 is 9.90 Å². The van der Waals surface area contributed by atoms with Gasteiger partial charge in [0.05, 0.1) is 0 Å². The molecular weight excluding hydrogens is 326 g/mol. The molecule has 0 aliphatic carbocycles. The van der Waals surface area contributed by atoms with Crippen molar-refractivity contribution in [1.82, 2.24) is 14.5 Å². The Balaban J connectivity index is 1.70. The minimum absolute atomic E-state index is 0.0471. The second kappa shape index (κ2) is 7.35. The quantitative estimate of drug-likeness (QED) is 0.846. The van der Waals surface area contributed by atoms with Gasteiger partial charge >= 0.3 is 0 Å². The summed E-state index contributed by atoms with van der Waals surface area (Å²) in [6, 6.07) is 7.26. The Bertz CT molecular complexity index is 835. The van der Waals surface area contributed by atoms with E-state index in [-0.39, 0.29) is 11.8 Å². The summed E-state index contributed by atoms with van der Waals surface area (Å²) in [4.78, 5) is 19.2. The van der Waals surface area contributed by atoms with Crippen LogP contribution in [0.3, 0.4) is 0 Å². The molecule has 1 N–H and O–H groups in total. The number of aromatic nitrogens is 2. The highest BCUT2D eigenvalue weighted by Gasteiger charge is 2.27. The molecule has 1 aliphatic heterocycles. The third-order valence-electron chi connectivity index (χ3n) is 4.58. The van der Waals surface area contributed by atoms with E-state index in [0.717, 1.165) is 30.8 Å². The Kier molecular flexibility index (Phi) is 5.15. The molecule has 26 heavy (non-hydrogen) atoms. The number of nitrogens with zero attached hydrogens (tertiary/aromatic N) is 3. The summed E-state index contributed by atoms with van der Waals surface area (Å²) in [5.41, 5.74) is 0.426. The minimum Gasteiger partial charge on any atom is -0.378 e. The zero-order chi connectivity index (χ0) is 18.7. The average molecular weight is 351 g/mol. The highest BCUT2D eigenvalue weighted by atomic mass is 16.3. The van der Waals surface area contributed by atoms with Gasteiger partial charge in [-0.15, -0.1) is 0 Å². The molecule has 5 nitrogen and oxygen atoms in total. The fourth-order valence-corrected chi connectivity index (χ4v) is 3.25. The van der Waals surface area contributed by atoms with Gasteiger partial charge in [0.1, 0.15) is 11.4 Å². The number of amides is 1. The monoisotopic (exact) mass is 351 g/mol. The van der Waals surface area contributed by atoms with Crippen molar-refractivity contribution in [3.63, 3.8) is 0 Å². The molecule has 1 atom stereocenters. The number of aliphatic hydroxyl groups is 1. The lowest BCUT2D eigenvalue weighted by Crippen LogP contribution is -2.39. The zero-order valence-corrected chi connectivity index (χ0v) is 15.6. The van der Waals surface area contributed by atoms with E-state index in [2.05, 4.69) is 16.8 Å². The van der Waals surface area contributed by atoms with E-state index in [0.29, 0.717) is 12.1 Å². The van der Waals surface area contributed by atoms with E-state index in [1.807, 2.05) is 41.0 Å². The molecule has 0 saturated carbocycles. The van der Waals surface area contributed by atoms with E-state index in [1.165, 1.54) is 0 Å². The number of likely N-dealkylation sites (tertiary alicyclic amines) is 1. The van der Waals surface area contributed by atoms with Gasteiger partial charge in [-0.1, -0.05) is 11.8 Å². The highest BCUT2D eigenvalue weighted by Crippen LogP contribution is 2.26. The predicted octanol–water partition coefficient (Wildman–Crippen LogP) is 2.56.